The van der Waals surface area contributed by atoms with Crippen LogP contribution in [0.15, 0.2) is 42.6 Å². The molecule has 0 radical (unpaired) electrons. The van der Waals surface area contributed by atoms with Gasteiger partial charge in [0, 0.05) is 11.8 Å². The number of carbonyl (C=O) groups is 1. The number of nitrogens with zero attached hydrogens (tertiary/aromatic N) is 1. The first-order valence-corrected chi connectivity index (χ1v) is 12.4. The molecule has 2 aliphatic rings. The number of amides is 1. The van der Waals surface area contributed by atoms with Crippen molar-refractivity contribution < 1.29 is 4.79 Å². The highest BCUT2D eigenvalue weighted by Gasteiger charge is 2.54. The highest BCUT2D eigenvalue weighted by Crippen LogP contribution is 2.62. The van der Waals surface area contributed by atoms with Gasteiger partial charge in [0.05, 0.1) is 11.2 Å². The molecule has 0 spiro atoms. The summed E-state index contributed by atoms with van der Waals surface area (Å²) in [5.41, 5.74) is 4.95. The van der Waals surface area contributed by atoms with E-state index < -0.39 is 0 Å². The maximum absolute atomic E-state index is 13.6. The topological polar surface area (TPSA) is 42.0 Å². The number of nitrogens with one attached hydrogen (secondary N) is 1. The van der Waals surface area contributed by atoms with Gasteiger partial charge in [-0.1, -0.05) is 59.7 Å². The van der Waals surface area contributed by atoms with Gasteiger partial charge in [-0.05, 0) is 90.5 Å². The number of rotatable bonds is 7. The van der Waals surface area contributed by atoms with Crippen molar-refractivity contribution in [1.82, 2.24) is 10.3 Å². The molecule has 1 heterocycles. The second-order valence-corrected chi connectivity index (χ2v) is 12.1. The van der Waals surface area contributed by atoms with Crippen molar-refractivity contribution in [3.8, 4) is 0 Å². The van der Waals surface area contributed by atoms with E-state index >= 15 is 0 Å². The van der Waals surface area contributed by atoms with E-state index in [9.17, 15) is 4.79 Å². The molecular weight excluding hydrogens is 392 g/mol. The summed E-state index contributed by atoms with van der Waals surface area (Å²) in [6.45, 7) is 14.2. The van der Waals surface area contributed by atoms with E-state index in [1.54, 1.807) is 0 Å². The number of hydrogen-bond acceptors (Lipinski definition) is 2. The molecule has 2 aliphatic carbocycles. The van der Waals surface area contributed by atoms with Crippen molar-refractivity contribution in [2.75, 3.05) is 0 Å². The molecule has 2 saturated carbocycles. The summed E-state index contributed by atoms with van der Waals surface area (Å²) in [4.78, 5) is 18.1. The Bertz CT molecular complexity index is 986. The number of pyridine rings is 1. The van der Waals surface area contributed by atoms with Gasteiger partial charge in [-0.15, -0.1) is 0 Å². The summed E-state index contributed by atoms with van der Waals surface area (Å²) < 4.78 is 0. The monoisotopic (exact) mass is 432 g/mol. The second-order valence-electron chi connectivity index (χ2n) is 12.1. The molecule has 172 valence electrons. The normalized spacial score (nSPS) is 26.3. The number of carbonyl (C=O) groups excluding carboxylic acids is 1. The lowest BCUT2D eigenvalue weighted by Gasteiger charge is -2.59. The predicted octanol–water partition coefficient (Wildman–Crippen LogP) is 6.85. The van der Waals surface area contributed by atoms with Gasteiger partial charge in [0.1, 0.15) is 0 Å². The quantitative estimate of drug-likeness (QED) is 0.520. The van der Waals surface area contributed by atoms with E-state index in [1.807, 2.05) is 30.5 Å². The van der Waals surface area contributed by atoms with Gasteiger partial charge in [-0.25, -0.2) is 0 Å². The third-order valence-corrected chi connectivity index (χ3v) is 8.33. The van der Waals surface area contributed by atoms with Crippen molar-refractivity contribution in [3.05, 3.63) is 65.0 Å². The van der Waals surface area contributed by atoms with E-state index in [4.69, 9.17) is 0 Å². The molecule has 2 unspecified atom stereocenters. The maximum atomic E-state index is 13.6. The van der Waals surface area contributed by atoms with Gasteiger partial charge in [0.15, 0.2) is 0 Å². The summed E-state index contributed by atoms with van der Waals surface area (Å²) in [7, 11) is 0. The van der Waals surface area contributed by atoms with E-state index in [-0.39, 0.29) is 16.9 Å². The lowest BCUT2D eigenvalue weighted by atomic mass is 9.46. The zero-order valence-electron chi connectivity index (χ0n) is 20.8. The molecule has 2 fully saturated rings. The SMILES string of the molecule is CCc1cccc(C(=O)NC2(c3ccccn3)CC2)c1CC1(C)CCC1(C)CC(C)(C)C. The molecular formula is C29H40N2O. The summed E-state index contributed by atoms with van der Waals surface area (Å²) in [5.74, 6) is 0.0545. The number of aromatic nitrogens is 1. The van der Waals surface area contributed by atoms with Crippen LogP contribution < -0.4 is 5.32 Å². The van der Waals surface area contributed by atoms with Crippen LogP contribution in [0.4, 0.5) is 0 Å². The fraction of sp³-hybridized carbons (Fsp3) is 0.586. The molecule has 4 rings (SSSR count). The van der Waals surface area contributed by atoms with Crippen LogP contribution in [0.1, 0.15) is 101 Å². The first-order chi connectivity index (χ1) is 15.0. The third kappa shape index (κ3) is 4.23. The molecule has 0 aliphatic heterocycles. The minimum absolute atomic E-state index is 0.0545. The zero-order chi connectivity index (χ0) is 23.2. The van der Waals surface area contributed by atoms with E-state index in [0.29, 0.717) is 10.8 Å². The van der Waals surface area contributed by atoms with Crippen LogP contribution in [0.25, 0.3) is 0 Å². The second kappa shape index (κ2) is 8.01. The summed E-state index contributed by atoms with van der Waals surface area (Å²) >= 11 is 0. The zero-order valence-corrected chi connectivity index (χ0v) is 20.8. The van der Waals surface area contributed by atoms with E-state index in [1.165, 1.54) is 30.4 Å². The molecule has 2 atom stereocenters. The van der Waals surface area contributed by atoms with Gasteiger partial charge in [-0.3, -0.25) is 9.78 Å². The average molecular weight is 433 g/mol. The van der Waals surface area contributed by atoms with Crippen LogP contribution in [0.2, 0.25) is 0 Å². The van der Waals surface area contributed by atoms with Crippen LogP contribution in [0.3, 0.4) is 0 Å². The lowest BCUT2D eigenvalue weighted by molar-refractivity contribution is -0.0787. The molecule has 0 bridgehead atoms. The number of hydrogen-bond donors (Lipinski definition) is 1. The first kappa shape index (κ1) is 23.0. The smallest absolute Gasteiger partial charge is 0.252 e. The summed E-state index contributed by atoms with van der Waals surface area (Å²) in [6, 6.07) is 12.3. The number of aryl methyl sites for hydroxylation is 1. The van der Waals surface area contributed by atoms with Crippen LogP contribution >= 0.6 is 0 Å². The fourth-order valence-electron chi connectivity index (χ4n) is 6.03. The molecule has 3 nitrogen and oxygen atoms in total. The van der Waals surface area contributed by atoms with E-state index in [2.05, 4.69) is 64.0 Å². The third-order valence-electron chi connectivity index (χ3n) is 8.33. The molecule has 2 aromatic rings. The molecule has 1 amide bonds. The average Bonchev–Trinajstić information content (AvgIpc) is 3.53. The molecule has 1 aromatic heterocycles. The van der Waals surface area contributed by atoms with Crippen LogP contribution in [-0.2, 0) is 18.4 Å². The first-order valence-electron chi connectivity index (χ1n) is 12.4. The Morgan fingerprint density at radius 2 is 1.72 bits per heavy atom. The van der Waals surface area contributed by atoms with Crippen molar-refractivity contribution in [2.24, 2.45) is 16.2 Å². The Morgan fingerprint density at radius 1 is 1.00 bits per heavy atom. The Labute approximate surface area is 194 Å². The minimum Gasteiger partial charge on any atom is -0.341 e. The van der Waals surface area contributed by atoms with Gasteiger partial charge >= 0.3 is 0 Å². The Balaban J connectivity index is 1.62. The van der Waals surface area contributed by atoms with Crippen LogP contribution in [0.5, 0.6) is 0 Å². The van der Waals surface area contributed by atoms with Gasteiger partial charge in [0.2, 0.25) is 0 Å². The van der Waals surface area contributed by atoms with E-state index in [0.717, 1.165) is 36.9 Å². The molecule has 3 heteroatoms. The molecule has 0 saturated heterocycles. The predicted molar refractivity (Wildman–Crippen MR) is 132 cm³/mol. The van der Waals surface area contributed by atoms with Crippen molar-refractivity contribution in [3.63, 3.8) is 0 Å². The Hall–Kier alpha value is -2.16. The largest absolute Gasteiger partial charge is 0.341 e. The molecule has 1 aromatic carbocycles. The van der Waals surface area contributed by atoms with Crippen LogP contribution in [0, 0.1) is 16.2 Å². The van der Waals surface area contributed by atoms with Gasteiger partial charge in [0.25, 0.3) is 5.91 Å². The maximum Gasteiger partial charge on any atom is 0.252 e. The highest BCUT2D eigenvalue weighted by atomic mass is 16.1. The molecule has 1 N–H and O–H groups in total. The Morgan fingerprint density at radius 3 is 2.25 bits per heavy atom. The van der Waals surface area contributed by atoms with Crippen molar-refractivity contribution in [1.29, 1.82) is 0 Å². The lowest BCUT2D eigenvalue weighted by Crippen LogP contribution is -2.50. The minimum atomic E-state index is -0.293. The van der Waals surface area contributed by atoms with Gasteiger partial charge < -0.3 is 5.32 Å². The summed E-state index contributed by atoms with van der Waals surface area (Å²) in [6.07, 6.45) is 9.39. The van der Waals surface area contributed by atoms with Crippen LogP contribution in [-0.4, -0.2) is 10.9 Å². The highest BCUT2D eigenvalue weighted by molar-refractivity contribution is 5.96. The fourth-order valence-corrected chi connectivity index (χ4v) is 6.03. The Kier molecular flexibility index (Phi) is 5.76. The van der Waals surface area contributed by atoms with Gasteiger partial charge in [-0.2, -0.15) is 0 Å². The van der Waals surface area contributed by atoms with Crippen molar-refractivity contribution in [2.45, 2.75) is 92.0 Å². The standard InChI is InChI=1S/C29H40N2O/c1-7-21-11-10-12-22(25(32)31-29(16-17-29)24-13-8-9-18-30-24)23(21)19-27(5)14-15-28(27,6)20-26(2,3)4/h8-13,18H,7,14-17,19-20H2,1-6H3,(H,31,32). The number of benzene rings is 1. The summed E-state index contributed by atoms with van der Waals surface area (Å²) in [5, 5.41) is 3.37. The molecule has 32 heavy (non-hydrogen) atoms. The van der Waals surface area contributed by atoms with Crippen molar-refractivity contribution >= 4 is 5.91 Å².